The van der Waals surface area contributed by atoms with Crippen LogP contribution in [-0.2, 0) is 4.79 Å². The van der Waals surface area contributed by atoms with Crippen molar-refractivity contribution in [1.29, 1.82) is 0 Å². The van der Waals surface area contributed by atoms with Crippen LogP contribution >= 0.6 is 11.8 Å². The van der Waals surface area contributed by atoms with Crippen molar-refractivity contribution in [3.05, 3.63) is 54.7 Å². The van der Waals surface area contributed by atoms with Crippen LogP contribution < -0.4 is 10.6 Å². The number of pyridine rings is 1. The van der Waals surface area contributed by atoms with Gasteiger partial charge in [0.05, 0.1) is 11.4 Å². The molecule has 0 aliphatic carbocycles. The van der Waals surface area contributed by atoms with Crippen molar-refractivity contribution in [1.82, 2.24) is 15.0 Å². The van der Waals surface area contributed by atoms with E-state index in [0.717, 1.165) is 0 Å². The molecule has 0 aliphatic heterocycles. The van der Waals surface area contributed by atoms with Crippen molar-refractivity contribution < 1.29 is 23.1 Å². The van der Waals surface area contributed by atoms with Gasteiger partial charge in [0.25, 0.3) is 0 Å². The van der Waals surface area contributed by atoms with Crippen molar-refractivity contribution in [2.45, 2.75) is 10.4 Å². The van der Waals surface area contributed by atoms with Crippen LogP contribution in [0.25, 0.3) is 11.4 Å². The summed E-state index contributed by atoms with van der Waals surface area (Å²) < 4.78 is 37.8. The fourth-order valence-electron chi connectivity index (χ4n) is 2.31. The quantitative estimate of drug-likeness (QED) is 0.483. The van der Waals surface area contributed by atoms with Crippen LogP contribution in [0.5, 0.6) is 0 Å². The van der Waals surface area contributed by atoms with Crippen molar-refractivity contribution >= 4 is 35.2 Å². The maximum absolute atomic E-state index is 12.6. The lowest BCUT2D eigenvalue weighted by Gasteiger charge is -2.12. The summed E-state index contributed by atoms with van der Waals surface area (Å²) in [5, 5.41) is 14.4. The summed E-state index contributed by atoms with van der Waals surface area (Å²) in [6, 6.07) is 12.5. The Morgan fingerprint density at radius 2 is 1.90 bits per heavy atom. The monoisotopic (exact) mass is 421 g/mol. The average molecular weight is 421 g/mol. The summed E-state index contributed by atoms with van der Waals surface area (Å²) in [6.07, 6.45) is 1.58. The standard InChI is InChI=1S/C18H14F3N5O2S/c19-18(20,21)29-12-5-3-4-11(8-12)24-15-9-14(13-6-1-2-7-22-13)25-17(26-15)23-10-16(27)28/h1-9H,10H2,(H,27,28)(H2,23,24,25,26). The smallest absolute Gasteiger partial charge is 0.446 e. The van der Waals surface area contributed by atoms with Crippen molar-refractivity contribution in [2.24, 2.45) is 0 Å². The molecular formula is C18H14F3N5O2S. The Morgan fingerprint density at radius 3 is 2.59 bits per heavy atom. The van der Waals surface area contributed by atoms with Crippen molar-refractivity contribution in [3.8, 4) is 11.4 Å². The van der Waals surface area contributed by atoms with Crippen LogP contribution in [-0.4, -0.2) is 38.1 Å². The molecule has 0 saturated heterocycles. The number of alkyl halides is 3. The molecule has 3 aromatic rings. The van der Waals surface area contributed by atoms with Crippen molar-refractivity contribution in [3.63, 3.8) is 0 Å². The van der Waals surface area contributed by atoms with Gasteiger partial charge in [-0.2, -0.15) is 18.2 Å². The van der Waals surface area contributed by atoms with Crippen LogP contribution in [0.2, 0.25) is 0 Å². The van der Waals surface area contributed by atoms with Gasteiger partial charge in [0.15, 0.2) is 0 Å². The molecule has 0 saturated carbocycles. The fraction of sp³-hybridized carbons (Fsp3) is 0.111. The molecule has 7 nitrogen and oxygen atoms in total. The van der Waals surface area contributed by atoms with Gasteiger partial charge >= 0.3 is 11.5 Å². The highest BCUT2D eigenvalue weighted by Gasteiger charge is 2.29. The lowest BCUT2D eigenvalue weighted by molar-refractivity contribution is -0.134. The third kappa shape index (κ3) is 6.35. The van der Waals surface area contributed by atoms with Gasteiger partial charge < -0.3 is 15.7 Å². The summed E-state index contributed by atoms with van der Waals surface area (Å²) in [4.78, 5) is 23.5. The Bertz CT molecular complexity index is 1000. The van der Waals surface area contributed by atoms with Crippen molar-refractivity contribution in [2.75, 3.05) is 17.2 Å². The molecule has 0 amide bonds. The van der Waals surface area contributed by atoms with Gasteiger partial charge in [0.1, 0.15) is 12.4 Å². The van der Waals surface area contributed by atoms with Gasteiger partial charge in [0.2, 0.25) is 5.95 Å². The Hall–Kier alpha value is -3.34. The second-order valence-corrected chi connectivity index (χ2v) is 6.76. The molecule has 0 fully saturated rings. The predicted molar refractivity (Wildman–Crippen MR) is 103 cm³/mol. The van der Waals surface area contributed by atoms with Crippen LogP contribution in [0, 0.1) is 0 Å². The average Bonchev–Trinajstić information content (AvgIpc) is 2.66. The number of nitrogens with one attached hydrogen (secondary N) is 2. The molecule has 0 bridgehead atoms. The number of benzene rings is 1. The second-order valence-electron chi connectivity index (χ2n) is 5.62. The number of aromatic nitrogens is 3. The molecule has 1 aromatic carbocycles. The molecular weight excluding hydrogens is 407 g/mol. The molecule has 2 aromatic heterocycles. The largest absolute Gasteiger partial charge is 0.480 e. The van der Waals surface area contributed by atoms with Crippen LogP contribution in [0.3, 0.4) is 0 Å². The maximum atomic E-state index is 12.6. The zero-order valence-corrected chi connectivity index (χ0v) is 15.5. The van der Waals surface area contributed by atoms with E-state index >= 15 is 0 Å². The van der Waals surface area contributed by atoms with E-state index in [1.807, 2.05) is 0 Å². The number of carbonyl (C=O) groups is 1. The molecule has 2 heterocycles. The number of halogens is 3. The molecule has 0 unspecified atom stereocenters. The first-order chi connectivity index (χ1) is 13.8. The number of anilines is 3. The summed E-state index contributed by atoms with van der Waals surface area (Å²) in [5.74, 6) is -0.787. The molecule has 0 spiro atoms. The Balaban J connectivity index is 1.90. The van der Waals surface area contributed by atoms with E-state index in [1.165, 1.54) is 18.2 Å². The van der Waals surface area contributed by atoms with Gasteiger partial charge in [-0.05, 0) is 42.1 Å². The maximum Gasteiger partial charge on any atom is 0.446 e. The summed E-state index contributed by atoms with van der Waals surface area (Å²) in [7, 11) is 0. The molecule has 29 heavy (non-hydrogen) atoms. The first-order valence-electron chi connectivity index (χ1n) is 8.17. The van der Waals surface area contributed by atoms with Crippen LogP contribution in [0.15, 0.2) is 59.6 Å². The Morgan fingerprint density at radius 1 is 1.07 bits per heavy atom. The van der Waals surface area contributed by atoms with E-state index in [0.29, 0.717) is 17.1 Å². The topological polar surface area (TPSA) is 100 Å². The lowest BCUT2D eigenvalue weighted by atomic mass is 10.2. The summed E-state index contributed by atoms with van der Waals surface area (Å²) in [6.45, 7) is -0.400. The third-order valence-electron chi connectivity index (χ3n) is 3.39. The highest BCUT2D eigenvalue weighted by Crippen LogP contribution is 2.37. The van der Waals surface area contributed by atoms with Gasteiger partial charge in [0, 0.05) is 22.8 Å². The first kappa shape index (κ1) is 20.4. The van der Waals surface area contributed by atoms with Gasteiger partial charge in [-0.3, -0.25) is 9.78 Å². The molecule has 11 heteroatoms. The van der Waals surface area contributed by atoms with Gasteiger partial charge in [-0.1, -0.05) is 12.1 Å². The third-order valence-corrected chi connectivity index (χ3v) is 4.11. The van der Waals surface area contributed by atoms with E-state index < -0.39 is 18.0 Å². The zero-order valence-electron chi connectivity index (χ0n) is 14.6. The molecule has 0 atom stereocenters. The predicted octanol–water partition coefficient (Wildman–Crippen LogP) is 4.39. The van der Waals surface area contributed by atoms with Crippen LogP contribution in [0.1, 0.15) is 0 Å². The number of rotatable bonds is 7. The summed E-state index contributed by atoms with van der Waals surface area (Å²) >= 11 is -0.220. The molecule has 0 aliphatic rings. The molecule has 3 rings (SSSR count). The second kappa shape index (κ2) is 8.78. The highest BCUT2D eigenvalue weighted by molar-refractivity contribution is 8.00. The number of hydrogen-bond donors (Lipinski definition) is 3. The van der Waals surface area contributed by atoms with Gasteiger partial charge in [-0.25, -0.2) is 4.98 Å². The van der Waals surface area contributed by atoms with E-state index in [4.69, 9.17) is 5.11 Å². The SMILES string of the molecule is O=C(O)CNc1nc(Nc2cccc(SC(F)(F)F)c2)cc(-c2ccccn2)n1. The number of hydrogen-bond acceptors (Lipinski definition) is 7. The molecule has 150 valence electrons. The fourth-order valence-corrected chi connectivity index (χ4v) is 2.91. The normalized spacial score (nSPS) is 11.1. The Kier molecular flexibility index (Phi) is 6.17. The number of carboxylic acids is 1. The first-order valence-corrected chi connectivity index (χ1v) is 8.99. The minimum absolute atomic E-state index is 0.0192. The molecule has 0 radical (unpaired) electrons. The number of aliphatic carboxylic acids is 1. The molecule has 3 N–H and O–H groups in total. The van der Waals surface area contributed by atoms with Gasteiger partial charge in [-0.15, -0.1) is 0 Å². The van der Waals surface area contributed by atoms with E-state index in [9.17, 15) is 18.0 Å². The number of carboxylic acid groups (broad SMARTS) is 1. The van der Waals surface area contributed by atoms with Crippen LogP contribution in [0.4, 0.5) is 30.6 Å². The van der Waals surface area contributed by atoms with E-state index in [1.54, 1.807) is 36.5 Å². The number of nitrogens with zero attached hydrogens (tertiary/aromatic N) is 3. The summed E-state index contributed by atoms with van der Waals surface area (Å²) in [5.41, 5.74) is -3.07. The number of thioether (sulfide) groups is 1. The minimum atomic E-state index is -4.40. The minimum Gasteiger partial charge on any atom is -0.480 e. The van der Waals surface area contributed by atoms with E-state index in [2.05, 4.69) is 25.6 Å². The zero-order chi connectivity index (χ0) is 20.9. The highest BCUT2D eigenvalue weighted by atomic mass is 32.2. The Labute approximate surface area is 167 Å². The van der Waals surface area contributed by atoms with E-state index in [-0.39, 0.29) is 28.4 Å². The lowest BCUT2D eigenvalue weighted by Crippen LogP contribution is -2.15.